The predicted molar refractivity (Wildman–Crippen MR) is 83.7 cm³/mol. The third-order valence-corrected chi connectivity index (χ3v) is 4.79. The van der Waals surface area contributed by atoms with Gasteiger partial charge in [-0.3, -0.25) is 9.59 Å². The molecule has 1 atom stereocenters. The van der Waals surface area contributed by atoms with E-state index in [0.29, 0.717) is 19.5 Å². The number of carbonyl (C=O) groups excluding carboxylic acids is 2. The van der Waals surface area contributed by atoms with Crippen LogP contribution in [0.3, 0.4) is 0 Å². The molecule has 0 N–H and O–H groups in total. The number of hydrogen-bond donors (Lipinski definition) is 0. The van der Waals surface area contributed by atoms with E-state index in [9.17, 15) is 9.59 Å². The lowest BCUT2D eigenvalue weighted by molar-refractivity contribution is -0.134. The predicted octanol–water partition coefficient (Wildman–Crippen LogP) is 1.60. The first-order valence-corrected chi connectivity index (χ1v) is 7.67. The van der Waals surface area contributed by atoms with Gasteiger partial charge in [-0.05, 0) is 25.0 Å². The Morgan fingerprint density at radius 1 is 1.32 bits per heavy atom. The average molecular weight is 302 g/mol. The van der Waals surface area contributed by atoms with E-state index >= 15 is 0 Å². The van der Waals surface area contributed by atoms with Gasteiger partial charge in [-0.15, -0.1) is 0 Å². The second kappa shape index (κ2) is 5.72. The fourth-order valence-corrected chi connectivity index (χ4v) is 3.62. The van der Waals surface area contributed by atoms with Crippen molar-refractivity contribution in [2.45, 2.75) is 19.8 Å². The van der Waals surface area contributed by atoms with Crippen LogP contribution in [0.25, 0.3) is 0 Å². The number of carbonyl (C=O) groups is 2. The van der Waals surface area contributed by atoms with Gasteiger partial charge in [0.2, 0.25) is 11.8 Å². The van der Waals surface area contributed by atoms with E-state index in [1.807, 2.05) is 41.0 Å². The van der Waals surface area contributed by atoms with Gasteiger partial charge in [0.05, 0.1) is 0 Å². The maximum atomic E-state index is 12.5. The molecule has 0 aliphatic carbocycles. The lowest BCUT2D eigenvalue weighted by atomic mass is 9.86. The molecule has 5 nitrogen and oxygen atoms in total. The first-order chi connectivity index (χ1) is 10.5. The summed E-state index contributed by atoms with van der Waals surface area (Å²) in [6.07, 6.45) is 1.41. The quantitative estimate of drug-likeness (QED) is 0.852. The highest BCUT2D eigenvalue weighted by Crippen LogP contribution is 2.42. The minimum atomic E-state index is -0.0945. The second-order valence-electron chi connectivity index (χ2n) is 6.44. The van der Waals surface area contributed by atoms with Crippen LogP contribution in [0.4, 0.5) is 5.69 Å². The Bertz CT molecular complexity index is 601. The van der Waals surface area contributed by atoms with Gasteiger partial charge >= 0.3 is 0 Å². The molecule has 2 amide bonds. The number of para-hydroxylation sites is 1. The molecule has 3 rings (SSSR count). The van der Waals surface area contributed by atoms with Crippen LogP contribution in [0, 0.1) is 12.3 Å². The number of hydrogen-bond acceptors (Lipinski definition) is 3. The number of ether oxygens (including phenoxy) is 1. The molecule has 1 spiro atoms. The average Bonchev–Trinajstić information content (AvgIpc) is 3.04. The van der Waals surface area contributed by atoms with Gasteiger partial charge in [0, 0.05) is 44.3 Å². The number of aryl methyl sites for hydroxylation is 1. The highest BCUT2D eigenvalue weighted by molar-refractivity contribution is 5.97. The summed E-state index contributed by atoms with van der Waals surface area (Å²) in [6, 6.07) is 7.96. The lowest BCUT2D eigenvalue weighted by Gasteiger charge is -2.25. The van der Waals surface area contributed by atoms with Gasteiger partial charge in [0.25, 0.3) is 0 Å². The molecule has 2 aliphatic heterocycles. The number of nitrogens with zero attached hydrogens (tertiary/aromatic N) is 2. The van der Waals surface area contributed by atoms with Crippen LogP contribution in [-0.4, -0.2) is 50.1 Å². The molecule has 0 bridgehead atoms. The van der Waals surface area contributed by atoms with E-state index in [-0.39, 0.29) is 23.8 Å². The molecule has 0 saturated carbocycles. The van der Waals surface area contributed by atoms with Crippen LogP contribution in [-0.2, 0) is 14.3 Å². The summed E-state index contributed by atoms with van der Waals surface area (Å²) in [4.78, 5) is 28.2. The first kappa shape index (κ1) is 15.0. The van der Waals surface area contributed by atoms with Gasteiger partial charge in [0.15, 0.2) is 0 Å². The fraction of sp³-hybridized carbons (Fsp3) is 0.529. The van der Waals surface area contributed by atoms with Crippen molar-refractivity contribution in [2.75, 3.05) is 38.3 Å². The lowest BCUT2D eigenvalue weighted by Crippen LogP contribution is -2.35. The molecule has 5 heteroatoms. The number of methoxy groups -OCH3 is 1. The second-order valence-corrected chi connectivity index (χ2v) is 6.44. The largest absolute Gasteiger partial charge is 0.375 e. The molecular formula is C17H22N2O3. The van der Waals surface area contributed by atoms with Crippen molar-refractivity contribution in [1.82, 2.24) is 4.90 Å². The van der Waals surface area contributed by atoms with Crippen LogP contribution in [0.15, 0.2) is 24.3 Å². The zero-order valence-electron chi connectivity index (χ0n) is 13.2. The fourth-order valence-electron chi connectivity index (χ4n) is 3.62. The van der Waals surface area contributed by atoms with Crippen molar-refractivity contribution in [2.24, 2.45) is 5.41 Å². The molecule has 1 unspecified atom stereocenters. The Kier molecular flexibility index (Phi) is 3.91. The van der Waals surface area contributed by atoms with Crippen LogP contribution in [0.2, 0.25) is 0 Å². The number of rotatable bonds is 3. The summed E-state index contributed by atoms with van der Waals surface area (Å²) < 4.78 is 4.93. The van der Waals surface area contributed by atoms with Gasteiger partial charge < -0.3 is 14.5 Å². The van der Waals surface area contributed by atoms with Crippen LogP contribution < -0.4 is 4.90 Å². The topological polar surface area (TPSA) is 49.9 Å². The molecule has 1 aromatic carbocycles. The molecule has 2 heterocycles. The summed E-state index contributed by atoms with van der Waals surface area (Å²) in [7, 11) is 1.53. The summed E-state index contributed by atoms with van der Waals surface area (Å²) in [5.74, 6) is 0.177. The number of anilines is 1. The first-order valence-electron chi connectivity index (χ1n) is 7.67. The Labute approximate surface area is 130 Å². The third kappa shape index (κ3) is 2.61. The normalized spacial score (nSPS) is 24.5. The third-order valence-electron chi connectivity index (χ3n) is 4.79. The zero-order valence-corrected chi connectivity index (χ0v) is 13.2. The highest BCUT2D eigenvalue weighted by atomic mass is 16.5. The van der Waals surface area contributed by atoms with Crippen molar-refractivity contribution in [3.8, 4) is 0 Å². The minimum Gasteiger partial charge on any atom is -0.375 e. The number of likely N-dealkylation sites (tertiary alicyclic amines) is 1. The van der Waals surface area contributed by atoms with Crippen molar-refractivity contribution >= 4 is 17.5 Å². The molecule has 1 aromatic rings. The molecule has 22 heavy (non-hydrogen) atoms. The van der Waals surface area contributed by atoms with Gasteiger partial charge in [-0.1, -0.05) is 18.2 Å². The van der Waals surface area contributed by atoms with E-state index in [4.69, 9.17) is 4.74 Å². The molecule has 2 fully saturated rings. The molecule has 0 aromatic heterocycles. The Hall–Kier alpha value is -1.88. The number of benzene rings is 1. The Morgan fingerprint density at radius 2 is 2.09 bits per heavy atom. The summed E-state index contributed by atoms with van der Waals surface area (Å²) >= 11 is 0. The molecule has 118 valence electrons. The standard InChI is InChI=1S/C17H22N2O3/c1-13-5-3-4-6-14(13)19-12-17(9-15(19)20)7-8-18(11-17)16(21)10-22-2/h3-6H,7-12H2,1-2H3. The molecule has 2 saturated heterocycles. The smallest absolute Gasteiger partial charge is 0.248 e. The maximum absolute atomic E-state index is 12.5. The summed E-state index contributed by atoms with van der Waals surface area (Å²) in [6.45, 7) is 4.22. The van der Waals surface area contributed by atoms with Crippen molar-refractivity contribution in [3.05, 3.63) is 29.8 Å². The van der Waals surface area contributed by atoms with Crippen LogP contribution in [0.1, 0.15) is 18.4 Å². The minimum absolute atomic E-state index is 0.0150. The Balaban J connectivity index is 1.75. The zero-order chi connectivity index (χ0) is 15.7. The highest BCUT2D eigenvalue weighted by Gasteiger charge is 2.48. The van der Waals surface area contributed by atoms with Crippen LogP contribution in [0.5, 0.6) is 0 Å². The molecule has 2 aliphatic rings. The van der Waals surface area contributed by atoms with Crippen molar-refractivity contribution < 1.29 is 14.3 Å². The van der Waals surface area contributed by atoms with Gasteiger partial charge in [-0.25, -0.2) is 0 Å². The van der Waals surface area contributed by atoms with E-state index in [0.717, 1.165) is 24.2 Å². The van der Waals surface area contributed by atoms with Crippen molar-refractivity contribution in [1.29, 1.82) is 0 Å². The molecule has 0 radical (unpaired) electrons. The summed E-state index contributed by atoms with van der Waals surface area (Å²) in [5, 5.41) is 0. The van der Waals surface area contributed by atoms with E-state index in [1.165, 1.54) is 7.11 Å². The van der Waals surface area contributed by atoms with Crippen LogP contribution >= 0.6 is 0 Å². The van der Waals surface area contributed by atoms with Gasteiger partial charge in [0.1, 0.15) is 6.61 Å². The number of amides is 2. The Morgan fingerprint density at radius 3 is 2.82 bits per heavy atom. The van der Waals surface area contributed by atoms with E-state index in [2.05, 4.69) is 0 Å². The van der Waals surface area contributed by atoms with Crippen molar-refractivity contribution in [3.63, 3.8) is 0 Å². The monoisotopic (exact) mass is 302 g/mol. The van der Waals surface area contributed by atoms with E-state index < -0.39 is 0 Å². The van der Waals surface area contributed by atoms with Gasteiger partial charge in [-0.2, -0.15) is 0 Å². The summed E-state index contributed by atoms with van der Waals surface area (Å²) in [5.41, 5.74) is 2.01. The van der Waals surface area contributed by atoms with E-state index in [1.54, 1.807) is 0 Å². The SMILES string of the molecule is COCC(=O)N1CCC2(CC(=O)N(c3ccccc3C)C2)C1. The maximum Gasteiger partial charge on any atom is 0.248 e. The molecular weight excluding hydrogens is 280 g/mol.